The maximum atomic E-state index is 12.9. The van der Waals surface area contributed by atoms with Crippen molar-refractivity contribution in [2.24, 2.45) is 0 Å². The van der Waals surface area contributed by atoms with Crippen molar-refractivity contribution in [1.82, 2.24) is 0 Å². The van der Waals surface area contributed by atoms with Gasteiger partial charge in [-0.3, -0.25) is 9.59 Å². The molecule has 9 nitrogen and oxygen atoms in total. The van der Waals surface area contributed by atoms with Gasteiger partial charge in [-0.1, -0.05) is 325 Å². The second-order valence-electron chi connectivity index (χ2n) is 25.2. The van der Waals surface area contributed by atoms with Crippen molar-refractivity contribution >= 4 is 17.9 Å². The van der Waals surface area contributed by atoms with E-state index in [0.717, 1.165) is 77.0 Å². The Morgan fingerprint density at radius 2 is 0.687 bits per heavy atom. The molecule has 0 rings (SSSR count). The second-order valence-corrected chi connectivity index (χ2v) is 25.2. The van der Waals surface area contributed by atoms with Crippen molar-refractivity contribution in [2.75, 3.05) is 47.5 Å². The lowest BCUT2D eigenvalue weighted by molar-refractivity contribution is -0.870. The van der Waals surface area contributed by atoms with Crippen molar-refractivity contribution in [1.29, 1.82) is 0 Å². The highest BCUT2D eigenvalue weighted by molar-refractivity contribution is 5.70. The number of unbranched alkanes of at least 4 members (excludes halogenated alkanes) is 41. The quantitative estimate of drug-likeness (QED) is 0.0195. The Morgan fingerprint density at radius 1 is 0.373 bits per heavy atom. The van der Waals surface area contributed by atoms with Crippen molar-refractivity contribution in [2.45, 2.75) is 347 Å². The summed E-state index contributed by atoms with van der Waals surface area (Å²) in [5.74, 6) is -2.27. The molecule has 0 aromatic rings. The van der Waals surface area contributed by atoms with Gasteiger partial charge in [0.2, 0.25) is 0 Å². The molecule has 2 atom stereocenters. The number of hydrogen-bond acceptors (Lipinski definition) is 8. The van der Waals surface area contributed by atoms with E-state index in [4.69, 9.17) is 18.9 Å². The molecule has 0 fully saturated rings. The van der Waals surface area contributed by atoms with Gasteiger partial charge >= 0.3 is 11.9 Å². The summed E-state index contributed by atoms with van der Waals surface area (Å²) in [5, 5.41) is 11.8. The summed E-state index contributed by atoms with van der Waals surface area (Å²) >= 11 is 0. The van der Waals surface area contributed by atoms with Crippen LogP contribution in [-0.2, 0) is 33.3 Å². The van der Waals surface area contributed by atoms with Crippen molar-refractivity contribution < 1.29 is 42.9 Å². The number of carboxylic acid groups (broad SMARTS) is 1. The molecule has 0 bridgehead atoms. The smallest absolute Gasteiger partial charge is 0.306 e. The van der Waals surface area contributed by atoms with E-state index in [2.05, 4.69) is 74.6 Å². The molecule has 83 heavy (non-hydrogen) atoms. The Labute approximate surface area is 514 Å². The van der Waals surface area contributed by atoms with Crippen LogP contribution in [0.5, 0.6) is 0 Å². The van der Waals surface area contributed by atoms with Gasteiger partial charge in [-0.25, -0.2) is 0 Å². The first kappa shape index (κ1) is 80.0. The molecule has 0 aromatic heterocycles. The fraction of sp³-hybridized carbons (Fsp3) is 0.824. The number of ether oxygens (including phenoxy) is 4. The van der Waals surface area contributed by atoms with Crippen LogP contribution in [0.3, 0.4) is 0 Å². The van der Waals surface area contributed by atoms with Crippen LogP contribution >= 0.6 is 0 Å². The monoisotopic (exact) mass is 1170 g/mol. The number of carbonyl (C=O) groups excluding carboxylic acids is 3. The molecular weight excluding hydrogens is 1030 g/mol. The molecule has 0 saturated heterocycles. The highest BCUT2D eigenvalue weighted by Gasteiger charge is 2.22. The van der Waals surface area contributed by atoms with Gasteiger partial charge in [0.1, 0.15) is 13.2 Å². The highest BCUT2D eigenvalue weighted by atomic mass is 16.7. The van der Waals surface area contributed by atoms with E-state index < -0.39 is 24.3 Å². The number of nitrogens with zero attached hydrogens (tertiary/aromatic N) is 1. The predicted molar refractivity (Wildman–Crippen MR) is 352 cm³/mol. The Kier molecular flexibility index (Phi) is 62.6. The van der Waals surface area contributed by atoms with Gasteiger partial charge in [0.05, 0.1) is 40.3 Å². The largest absolute Gasteiger partial charge is 0.545 e. The van der Waals surface area contributed by atoms with E-state index in [1.165, 1.54) is 225 Å². The zero-order valence-corrected chi connectivity index (χ0v) is 55.3. The Morgan fingerprint density at radius 3 is 1.02 bits per heavy atom. The van der Waals surface area contributed by atoms with E-state index in [-0.39, 0.29) is 32.2 Å². The summed E-state index contributed by atoms with van der Waals surface area (Å²) in [4.78, 5) is 37.5. The van der Waals surface area contributed by atoms with E-state index in [1.807, 2.05) is 21.1 Å². The normalized spacial score (nSPS) is 13.0. The molecule has 9 heteroatoms. The number of aliphatic carboxylic acids is 1. The standard InChI is InChI=1S/C74H135NO8/c1-6-8-10-12-14-16-18-20-22-24-26-28-30-32-34-35-36-37-39-40-42-44-46-48-50-52-54-56-58-60-62-64-71(76)81-68-70(69-82-74(73(78)79)80-67-66-75(3,4)5)83-72(77)65-63-61-59-57-55-53-51-49-47-45-43-41-38-33-31-29-27-25-23-21-19-17-15-13-11-9-7-2/h9,11,15,17,21,23,27,29,33,38,70,74H,6-8,10,12-14,16,18-20,22,24-26,28,30-32,34-37,39-69H2,1-5H3/b11-9-,17-15-,23-21-,29-27-,38-33-. The molecule has 0 aliphatic heterocycles. The topological polar surface area (TPSA) is 111 Å². The Hall–Kier alpha value is -3.01. The van der Waals surface area contributed by atoms with Crippen LogP contribution in [0.1, 0.15) is 335 Å². The summed E-state index contributed by atoms with van der Waals surface area (Å²) in [6.45, 7) is 4.69. The first-order valence-corrected chi connectivity index (χ1v) is 35.4. The average molecular weight is 1170 g/mol. The Bertz CT molecular complexity index is 1550. The number of hydrogen-bond donors (Lipinski definition) is 0. The van der Waals surface area contributed by atoms with Crippen molar-refractivity contribution in [3.63, 3.8) is 0 Å². The molecule has 0 radical (unpaired) electrons. The van der Waals surface area contributed by atoms with E-state index in [0.29, 0.717) is 23.9 Å². The fourth-order valence-electron chi connectivity index (χ4n) is 10.4. The van der Waals surface area contributed by atoms with Gasteiger partial charge in [0.25, 0.3) is 0 Å². The highest BCUT2D eigenvalue weighted by Crippen LogP contribution is 2.19. The number of esters is 2. The third-order valence-electron chi connectivity index (χ3n) is 15.8. The lowest BCUT2D eigenvalue weighted by Crippen LogP contribution is -2.44. The first-order chi connectivity index (χ1) is 40.6. The minimum atomic E-state index is -1.62. The summed E-state index contributed by atoms with van der Waals surface area (Å²) in [6.07, 6.45) is 81.7. The third-order valence-corrected chi connectivity index (χ3v) is 15.8. The minimum absolute atomic E-state index is 0.147. The Balaban J connectivity index is 4.08. The summed E-state index contributed by atoms with van der Waals surface area (Å²) < 4.78 is 22.8. The molecule has 0 saturated carbocycles. The molecule has 0 N–H and O–H groups in total. The van der Waals surface area contributed by atoms with E-state index >= 15 is 0 Å². The number of carboxylic acids is 1. The zero-order valence-electron chi connectivity index (χ0n) is 55.3. The van der Waals surface area contributed by atoms with Crippen LogP contribution in [0.15, 0.2) is 60.8 Å². The second kappa shape index (κ2) is 65.0. The summed E-state index contributed by atoms with van der Waals surface area (Å²) in [6, 6.07) is 0. The number of allylic oxidation sites excluding steroid dienone is 10. The molecule has 484 valence electrons. The number of carbonyl (C=O) groups is 3. The number of rotatable bonds is 66. The van der Waals surface area contributed by atoms with Crippen molar-refractivity contribution in [3.8, 4) is 0 Å². The summed E-state index contributed by atoms with van der Waals surface area (Å²) in [7, 11) is 5.94. The SMILES string of the molecule is CC/C=C\C/C=C\C/C=C\C/C=C\C/C=C\CCCCCCCCCCCCCC(=O)OC(COC(=O)CCCCCCCCCCCCCCCCCCCCCCCCCCCCCCCCC)COC(OCC[N+](C)(C)C)C(=O)[O-]. The predicted octanol–water partition coefficient (Wildman–Crippen LogP) is 20.6. The lowest BCUT2D eigenvalue weighted by Gasteiger charge is -2.26. The van der Waals surface area contributed by atoms with Gasteiger partial charge in [-0.05, 0) is 57.8 Å². The average Bonchev–Trinajstić information content (AvgIpc) is 3.46. The van der Waals surface area contributed by atoms with Gasteiger partial charge in [-0.2, -0.15) is 0 Å². The molecule has 0 amide bonds. The lowest BCUT2D eigenvalue weighted by atomic mass is 10.0. The van der Waals surface area contributed by atoms with Crippen LogP contribution < -0.4 is 5.11 Å². The molecule has 0 spiro atoms. The minimum Gasteiger partial charge on any atom is -0.545 e. The van der Waals surface area contributed by atoms with E-state index in [1.54, 1.807) is 0 Å². The first-order valence-electron chi connectivity index (χ1n) is 35.4. The molecule has 0 aliphatic carbocycles. The maximum absolute atomic E-state index is 12.9. The van der Waals surface area contributed by atoms with Crippen LogP contribution in [-0.4, -0.2) is 82.3 Å². The molecular formula is C74H135NO8. The fourth-order valence-corrected chi connectivity index (χ4v) is 10.4. The summed E-state index contributed by atoms with van der Waals surface area (Å²) in [5.41, 5.74) is 0. The van der Waals surface area contributed by atoms with Crippen LogP contribution in [0, 0.1) is 0 Å². The van der Waals surface area contributed by atoms with Crippen LogP contribution in [0.2, 0.25) is 0 Å². The van der Waals surface area contributed by atoms with Gasteiger partial charge < -0.3 is 33.3 Å². The molecule has 0 aromatic carbocycles. The number of likely N-dealkylation sites (N-methyl/N-ethyl adjacent to an activating group) is 1. The van der Waals surface area contributed by atoms with Gasteiger partial charge in [-0.15, -0.1) is 0 Å². The van der Waals surface area contributed by atoms with Crippen molar-refractivity contribution in [3.05, 3.63) is 60.8 Å². The van der Waals surface area contributed by atoms with Gasteiger partial charge in [0, 0.05) is 12.8 Å². The molecule has 2 unspecified atom stereocenters. The number of quaternary nitrogens is 1. The molecule has 0 aliphatic rings. The maximum Gasteiger partial charge on any atom is 0.306 e. The third kappa shape index (κ3) is 66.4. The van der Waals surface area contributed by atoms with Crippen LogP contribution in [0.25, 0.3) is 0 Å². The van der Waals surface area contributed by atoms with E-state index in [9.17, 15) is 19.5 Å². The zero-order chi connectivity index (χ0) is 60.5. The molecule has 0 heterocycles. The van der Waals surface area contributed by atoms with Gasteiger partial charge in [0.15, 0.2) is 12.4 Å². The van der Waals surface area contributed by atoms with Crippen LogP contribution in [0.4, 0.5) is 0 Å².